The van der Waals surface area contributed by atoms with Gasteiger partial charge in [-0.15, -0.1) is 0 Å². The van der Waals surface area contributed by atoms with Crippen molar-refractivity contribution in [1.82, 2.24) is 24.4 Å². The molecule has 5 rings (SSSR count). The molecule has 3 amide bonds. The summed E-state index contributed by atoms with van der Waals surface area (Å²) in [6.45, 7) is 12.4. The van der Waals surface area contributed by atoms with Crippen LogP contribution in [-0.2, 0) is 27.8 Å². The van der Waals surface area contributed by atoms with E-state index in [1.54, 1.807) is 9.80 Å². The lowest BCUT2D eigenvalue weighted by Crippen LogP contribution is -2.59. The molecule has 1 aromatic heterocycles. The average Bonchev–Trinajstić information content (AvgIpc) is 3.45. The van der Waals surface area contributed by atoms with E-state index in [4.69, 9.17) is 5.21 Å². The fraction of sp³-hybridized carbons (Fsp3) is 0.415. The third kappa shape index (κ3) is 9.62. The molecule has 288 valence electrons. The van der Waals surface area contributed by atoms with Crippen LogP contribution in [0, 0.1) is 18.3 Å². The number of fused-ring (bicyclic) bond motifs is 1. The zero-order valence-electron chi connectivity index (χ0n) is 31.9. The van der Waals surface area contributed by atoms with Crippen LogP contribution in [-0.4, -0.2) is 100 Å². The number of urea groups is 1. The van der Waals surface area contributed by atoms with Gasteiger partial charge in [-0.2, -0.15) is 4.31 Å². The Bertz CT molecular complexity index is 2050. The predicted molar refractivity (Wildman–Crippen MR) is 210 cm³/mol. The van der Waals surface area contributed by atoms with Crippen LogP contribution in [0.15, 0.2) is 95.0 Å². The maximum absolute atomic E-state index is 14.5. The maximum Gasteiger partial charge on any atom is 0.321 e. The molecule has 54 heavy (non-hydrogen) atoms. The Morgan fingerprint density at radius 1 is 1.00 bits per heavy atom. The fourth-order valence-electron chi connectivity index (χ4n) is 7.09. The first-order valence-corrected chi connectivity index (χ1v) is 19.7. The number of aliphatic hydroxyl groups excluding tert-OH is 1. The second kappa shape index (κ2) is 17.1. The lowest BCUT2D eigenvalue weighted by atomic mass is 9.84. The zero-order chi connectivity index (χ0) is 39.2. The minimum Gasteiger partial charge on any atom is -0.411 e. The number of nitrogens with zero attached hydrogens (tertiary/aromatic N) is 5. The summed E-state index contributed by atoms with van der Waals surface area (Å²) in [7, 11) is -4.07. The third-order valence-electron chi connectivity index (χ3n) is 9.57. The normalized spacial score (nSPS) is 15.8. The highest BCUT2D eigenvalue weighted by Crippen LogP contribution is 2.30. The Balaban J connectivity index is 1.40. The van der Waals surface area contributed by atoms with Crippen LogP contribution in [0.4, 0.5) is 4.79 Å². The van der Waals surface area contributed by atoms with Gasteiger partial charge in [0.1, 0.15) is 6.04 Å². The van der Waals surface area contributed by atoms with Crippen molar-refractivity contribution in [3.05, 3.63) is 107 Å². The summed E-state index contributed by atoms with van der Waals surface area (Å²) < 4.78 is 29.2. The Hall–Kier alpha value is -4.85. The van der Waals surface area contributed by atoms with Gasteiger partial charge in [-0.05, 0) is 65.6 Å². The Kier molecular flexibility index (Phi) is 12.8. The molecular weight excluding hydrogens is 705 g/mol. The average molecular weight is 757 g/mol. The number of pyridine rings is 1. The summed E-state index contributed by atoms with van der Waals surface area (Å²) in [6, 6.07) is 23.1. The van der Waals surface area contributed by atoms with Gasteiger partial charge in [0.2, 0.25) is 15.9 Å². The van der Waals surface area contributed by atoms with Crippen LogP contribution >= 0.6 is 0 Å². The molecule has 0 radical (unpaired) electrons. The molecule has 1 fully saturated rings. The van der Waals surface area contributed by atoms with Crippen molar-refractivity contribution in [3.8, 4) is 0 Å². The molecule has 3 N–H and O–H groups in total. The number of hydrogen-bond acceptors (Lipinski definition) is 8. The van der Waals surface area contributed by atoms with Gasteiger partial charge >= 0.3 is 6.03 Å². The highest BCUT2D eigenvalue weighted by Gasteiger charge is 2.44. The number of amides is 3. The molecule has 13 heteroatoms. The molecule has 0 aliphatic carbocycles. The van der Waals surface area contributed by atoms with E-state index in [-0.39, 0.29) is 36.4 Å². The highest BCUT2D eigenvalue weighted by molar-refractivity contribution is 7.89. The van der Waals surface area contributed by atoms with Crippen molar-refractivity contribution >= 4 is 39.1 Å². The van der Waals surface area contributed by atoms with Crippen LogP contribution in [0.5, 0.6) is 0 Å². The second-order valence-corrected chi connectivity index (χ2v) is 17.4. The molecule has 3 atom stereocenters. The number of hydrogen-bond donors (Lipinski definition) is 3. The monoisotopic (exact) mass is 756 g/mol. The van der Waals surface area contributed by atoms with Gasteiger partial charge in [-0.25, -0.2) is 13.2 Å². The minimum atomic E-state index is -4.07. The van der Waals surface area contributed by atoms with E-state index in [0.29, 0.717) is 25.2 Å². The lowest BCUT2D eigenvalue weighted by molar-refractivity contribution is -0.130. The third-order valence-corrected chi connectivity index (χ3v) is 11.4. The molecule has 0 saturated carbocycles. The lowest BCUT2D eigenvalue weighted by Gasteiger charge is -2.38. The number of rotatable bonds is 15. The largest absolute Gasteiger partial charge is 0.411 e. The van der Waals surface area contributed by atoms with E-state index in [1.165, 1.54) is 34.8 Å². The molecule has 12 nitrogen and oxygen atoms in total. The van der Waals surface area contributed by atoms with Crippen molar-refractivity contribution < 1.29 is 28.3 Å². The van der Waals surface area contributed by atoms with Crippen LogP contribution in [0.3, 0.4) is 0 Å². The number of oxime groups is 1. The van der Waals surface area contributed by atoms with Crippen LogP contribution in [0.1, 0.15) is 57.0 Å². The van der Waals surface area contributed by atoms with Gasteiger partial charge in [0.15, 0.2) is 0 Å². The summed E-state index contributed by atoms with van der Waals surface area (Å²) in [5, 5.41) is 27.8. The molecule has 1 aliphatic rings. The molecule has 1 saturated heterocycles. The summed E-state index contributed by atoms with van der Waals surface area (Å²) >= 11 is 0. The van der Waals surface area contributed by atoms with E-state index in [9.17, 15) is 23.1 Å². The van der Waals surface area contributed by atoms with E-state index < -0.39 is 39.5 Å². The number of carbonyl (C=O) groups is 2. The first-order chi connectivity index (χ1) is 25.6. The SMILES string of the molecule is Cc1cc(CN2CCN([C@H](C(=O)N[C@@H](Cc3ccccc3)[C@@H](O)CN(CC(C)C)S(=O)(=O)c3ccc(C=NO)cc3)C(C)(C)C)C2=O)c2ccccc2n1. The molecule has 0 unspecified atom stereocenters. The fourth-order valence-corrected chi connectivity index (χ4v) is 8.71. The quantitative estimate of drug-likeness (QED) is 0.0829. The van der Waals surface area contributed by atoms with E-state index in [1.807, 2.05) is 102 Å². The number of aliphatic hydroxyl groups is 1. The Morgan fingerprint density at radius 3 is 2.31 bits per heavy atom. The van der Waals surface area contributed by atoms with Crippen molar-refractivity contribution in [2.75, 3.05) is 26.2 Å². The Labute approximate surface area is 318 Å². The first kappa shape index (κ1) is 40.3. The van der Waals surface area contributed by atoms with E-state index in [0.717, 1.165) is 27.7 Å². The van der Waals surface area contributed by atoms with Crippen LogP contribution in [0.2, 0.25) is 0 Å². The number of nitrogens with one attached hydrogen (secondary N) is 1. The standard InChI is InChI=1S/C41H52N6O6S/c1-28(2)25-46(54(52,53)33-18-16-31(17-19-33)24-42-51)27-37(48)36(23-30-12-8-7-9-13-30)44-39(49)38(41(4,5)6)47-21-20-45(40(47)50)26-32-22-29(3)43-35-15-11-10-14-34(32)35/h7-19,22,24,28,36-38,48,51H,20-21,23,25-27H2,1-6H3,(H,44,49)/t36-,37-,38+/m0/s1. The highest BCUT2D eigenvalue weighted by atomic mass is 32.2. The molecule has 2 heterocycles. The second-order valence-electron chi connectivity index (χ2n) is 15.5. The number of para-hydroxylation sites is 1. The Morgan fingerprint density at radius 2 is 1.67 bits per heavy atom. The van der Waals surface area contributed by atoms with Crippen molar-refractivity contribution in [3.63, 3.8) is 0 Å². The maximum atomic E-state index is 14.5. The smallest absolute Gasteiger partial charge is 0.321 e. The van der Waals surface area contributed by atoms with Gasteiger partial charge < -0.3 is 25.4 Å². The van der Waals surface area contributed by atoms with Crippen LogP contribution in [0.25, 0.3) is 10.9 Å². The number of carbonyl (C=O) groups excluding carboxylic acids is 2. The van der Waals surface area contributed by atoms with Crippen molar-refractivity contribution in [2.45, 2.75) is 77.6 Å². The van der Waals surface area contributed by atoms with Crippen molar-refractivity contribution in [1.29, 1.82) is 0 Å². The molecule has 0 spiro atoms. The number of aryl methyl sites for hydroxylation is 1. The molecule has 4 aromatic rings. The number of aromatic nitrogens is 1. The van der Waals surface area contributed by atoms with Crippen molar-refractivity contribution in [2.24, 2.45) is 16.5 Å². The predicted octanol–water partition coefficient (Wildman–Crippen LogP) is 5.44. The number of benzene rings is 3. The van der Waals surface area contributed by atoms with Gasteiger partial charge in [-0.3, -0.25) is 9.78 Å². The van der Waals surface area contributed by atoms with Gasteiger partial charge in [0.25, 0.3) is 0 Å². The summed E-state index contributed by atoms with van der Waals surface area (Å²) in [6.07, 6.45) is 0.118. The van der Waals surface area contributed by atoms with Gasteiger partial charge in [0.05, 0.1) is 28.8 Å². The minimum absolute atomic E-state index is 0.0221. The van der Waals surface area contributed by atoms with E-state index in [2.05, 4.69) is 15.5 Å². The van der Waals surface area contributed by atoms with Gasteiger partial charge in [-0.1, -0.05) is 100 Å². The molecule has 0 bridgehead atoms. The van der Waals surface area contributed by atoms with E-state index >= 15 is 0 Å². The topological polar surface area (TPSA) is 156 Å². The summed E-state index contributed by atoms with van der Waals surface area (Å²) in [5.74, 6) is -0.499. The van der Waals surface area contributed by atoms with Crippen LogP contribution < -0.4 is 5.32 Å². The summed E-state index contributed by atoms with van der Waals surface area (Å²) in [5.41, 5.74) is 3.37. The molecule has 1 aliphatic heterocycles. The molecule has 3 aromatic carbocycles. The zero-order valence-corrected chi connectivity index (χ0v) is 32.7. The first-order valence-electron chi connectivity index (χ1n) is 18.3. The van der Waals surface area contributed by atoms with Gasteiger partial charge in [0, 0.05) is 43.8 Å². The molecular formula is C41H52N6O6S. The summed E-state index contributed by atoms with van der Waals surface area (Å²) in [4.78, 5) is 36.6. The number of sulfonamides is 1.